The van der Waals surface area contributed by atoms with Gasteiger partial charge in [0.15, 0.2) is 0 Å². The molecule has 1 aromatic carbocycles. The highest BCUT2D eigenvalue weighted by atomic mass is 16.6. The number of carbonyl (C=O) groups is 2. The van der Waals surface area contributed by atoms with Gasteiger partial charge in [-0.1, -0.05) is 46.8 Å². The first-order chi connectivity index (χ1) is 10.9. The molecule has 1 aromatic rings. The van der Waals surface area contributed by atoms with Crippen molar-refractivity contribution >= 4 is 11.9 Å². The van der Waals surface area contributed by atoms with Crippen molar-refractivity contribution in [1.82, 2.24) is 0 Å². The van der Waals surface area contributed by atoms with Crippen LogP contribution in [0, 0.1) is 10.8 Å². The van der Waals surface area contributed by atoms with Crippen LogP contribution in [0.2, 0.25) is 0 Å². The Kier molecular flexibility index (Phi) is 3.43. The molecule has 4 heteroatoms. The van der Waals surface area contributed by atoms with Crippen LogP contribution >= 0.6 is 0 Å². The van der Waals surface area contributed by atoms with E-state index in [9.17, 15) is 9.59 Å². The minimum absolute atomic E-state index is 0.0392. The first kappa shape index (κ1) is 17.0. The second kappa shape index (κ2) is 4.84. The summed E-state index contributed by atoms with van der Waals surface area (Å²) in [7, 11) is 0. The van der Waals surface area contributed by atoms with E-state index < -0.39 is 22.4 Å². The highest BCUT2D eigenvalue weighted by Crippen LogP contribution is 2.65. The number of benzene rings is 1. The molecule has 1 heterocycles. The van der Waals surface area contributed by atoms with Crippen LogP contribution in [0.3, 0.4) is 0 Å². The van der Waals surface area contributed by atoms with Gasteiger partial charge in [0.05, 0.1) is 5.41 Å². The Labute approximate surface area is 143 Å². The average molecular weight is 330 g/mol. The van der Waals surface area contributed by atoms with Gasteiger partial charge in [-0.2, -0.15) is 0 Å². The standard InChI is InChI=1S/C20H26O4/c1-17(2,3)13-7-9-14(10-8-13)23-16(22)20-12-11-19(6,15(21)24-20)18(20,4)5/h7-10H,11-12H2,1-6H3. The summed E-state index contributed by atoms with van der Waals surface area (Å²) in [4.78, 5) is 25.1. The van der Waals surface area contributed by atoms with Gasteiger partial charge in [0, 0.05) is 5.41 Å². The maximum Gasteiger partial charge on any atom is 0.356 e. The van der Waals surface area contributed by atoms with Crippen molar-refractivity contribution in [2.24, 2.45) is 10.8 Å². The fraction of sp³-hybridized carbons (Fsp3) is 0.600. The van der Waals surface area contributed by atoms with Crippen LogP contribution in [-0.2, 0) is 19.7 Å². The number of hydrogen-bond donors (Lipinski definition) is 0. The van der Waals surface area contributed by atoms with E-state index >= 15 is 0 Å². The Morgan fingerprint density at radius 1 is 1.08 bits per heavy atom. The van der Waals surface area contributed by atoms with Crippen LogP contribution < -0.4 is 4.74 Å². The molecule has 130 valence electrons. The van der Waals surface area contributed by atoms with Gasteiger partial charge in [0.2, 0.25) is 5.60 Å². The maximum atomic E-state index is 12.9. The normalized spacial score (nSPS) is 31.0. The molecule has 2 atom stereocenters. The summed E-state index contributed by atoms with van der Waals surface area (Å²) < 4.78 is 11.2. The van der Waals surface area contributed by atoms with E-state index in [0.717, 1.165) is 0 Å². The van der Waals surface area contributed by atoms with E-state index in [-0.39, 0.29) is 11.4 Å². The minimum atomic E-state index is -1.18. The molecule has 0 aromatic heterocycles. The number of rotatable bonds is 2. The number of fused-ring (bicyclic) bond motifs is 2. The summed E-state index contributed by atoms with van der Waals surface area (Å²) in [6, 6.07) is 7.52. The summed E-state index contributed by atoms with van der Waals surface area (Å²) in [5.41, 5.74) is -1.18. The minimum Gasteiger partial charge on any atom is -0.446 e. The first-order valence-electron chi connectivity index (χ1n) is 8.50. The molecule has 1 aliphatic carbocycles. The van der Waals surface area contributed by atoms with E-state index in [1.165, 1.54) is 5.56 Å². The molecule has 2 bridgehead atoms. The zero-order valence-corrected chi connectivity index (χ0v) is 15.4. The Morgan fingerprint density at radius 2 is 1.67 bits per heavy atom. The molecule has 0 N–H and O–H groups in total. The van der Waals surface area contributed by atoms with Crippen molar-refractivity contribution < 1.29 is 19.1 Å². The lowest BCUT2D eigenvalue weighted by atomic mass is 9.66. The largest absolute Gasteiger partial charge is 0.446 e. The molecule has 0 amide bonds. The molecule has 0 radical (unpaired) electrons. The molecule has 24 heavy (non-hydrogen) atoms. The van der Waals surface area contributed by atoms with Gasteiger partial charge < -0.3 is 9.47 Å². The Balaban J connectivity index is 1.85. The maximum absolute atomic E-state index is 12.9. The van der Waals surface area contributed by atoms with Crippen LogP contribution in [0.15, 0.2) is 24.3 Å². The highest BCUT2D eigenvalue weighted by Gasteiger charge is 2.76. The Morgan fingerprint density at radius 3 is 2.08 bits per heavy atom. The predicted molar refractivity (Wildman–Crippen MR) is 90.7 cm³/mol. The molecular weight excluding hydrogens is 304 g/mol. The van der Waals surface area contributed by atoms with Crippen molar-refractivity contribution in [3.8, 4) is 5.75 Å². The molecule has 1 saturated carbocycles. The molecule has 0 spiro atoms. The van der Waals surface area contributed by atoms with Crippen molar-refractivity contribution in [3.05, 3.63) is 29.8 Å². The van der Waals surface area contributed by atoms with Crippen molar-refractivity contribution in [2.45, 2.75) is 65.4 Å². The molecule has 3 rings (SSSR count). The van der Waals surface area contributed by atoms with E-state index in [4.69, 9.17) is 9.47 Å². The Hall–Kier alpha value is -1.84. The van der Waals surface area contributed by atoms with Gasteiger partial charge in [0.25, 0.3) is 0 Å². The van der Waals surface area contributed by atoms with Gasteiger partial charge >= 0.3 is 11.9 Å². The summed E-state index contributed by atoms with van der Waals surface area (Å²) in [6.07, 6.45) is 1.16. The van der Waals surface area contributed by atoms with E-state index in [0.29, 0.717) is 18.6 Å². The van der Waals surface area contributed by atoms with Crippen molar-refractivity contribution in [3.63, 3.8) is 0 Å². The third-order valence-corrected chi connectivity index (χ3v) is 6.34. The number of carbonyl (C=O) groups excluding carboxylic acids is 2. The van der Waals surface area contributed by atoms with Gasteiger partial charge in [-0.25, -0.2) is 4.79 Å². The van der Waals surface area contributed by atoms with Crippen molar-refractivity contribution in [2.75, 3.05) is 0 Å². The molecule has 1 aliphatic heterocycles. The SMILES string of the molecule is CC(C)(C)c1ccc(OC(=O)C23CCC(C)(C(=O)O2)C3(C)C)cc1. The molecule has 1 saturated heterocycles. The highest BCUT2D eigenvalue weighted by molar-refractivity contribution is 5.94. The predicted octanol–water partition coefficient (Wildman–Crippen LogP) is 4.01. The lowest BCUT2D eigenvalue weighted by Crippen LogP contribution is -2.50. The molecule has 2 aliphatic rings. The van der Waals surface area contributed by atoms with Crippen molar-refractivity contribution in [1.29, 1.82) is 0 Å². The summed E-state index contributed by atoms with van der Waals surface area (Å²) in [5.74, 6) is -0.279. The monoisotopic (exact) mass is 330 g/mol. The summed E-state index contributed by atoms with van der Waals surface area (Å²) in [6.45, 7) is 12.1. The molecular formula is C20H26O4. The quantitative estimate of drug-likeness (QED) is 0.607. The molecule has 2 unspecified atom stereocenters. The fourth-order valence-corrected chi connectivity index (χ4v) is 3.91. The Bertz CT molecular complexity index is 695. The lowest BCUT2D eigenvalue weighted by Gasteiger charge is -2.34. The third kappa shape index (κ3) is 2.04. The summed E-state index contributed by atoms with van der Waals surface area (Å²) >= 11 is 0. The second-order valence-electron chi connectivity index (χ2n) is 8.84. The van der Waals surface area contributed by atoms with Crippen LogP contribution in [0.4, 0.5) is 0 Å². The number of ether oxygens (including phenoxy) is 2. The fourth-order valence-electron chi connectivity index (χ4n) is 3.91. The number of hydrogen-bond acceptors (Lipinski definition) is 4. The number of esters is 2. The molecule has 4 nitrogen and oxygen atoms in total. The van der Waals surface area contributed by atoms with Crippen LogP contribution in [-0.4, -0.2) is 17.5 Å². The van der Waals surface area contributed by atoms with Gasteiger partial charge in [-0.05, 0) is 42.9 Å². The third-order valence-electron chi connectivity index (χ3n) is 6.34. The zero-order chi connectivity index (χ0) is 18.0. The first-order valence-corrected chi connectivity index (χ1v) is 8.50. The van der Waals surface area contributed by atoms with Crippen LogP contribution in [0.5, 0.6) is 5.75 Å². The van der Waals surface area contributed by atoms with E-state index in [2.05, 4.69) is 20.8 Å². The van der Waals surface area contributed by atoms with Crippen LogP contribution in [0.1, 0.15) is 59.9 Å². The molecule has 2 fully saturated rings. The zero-order valence-electron chi connectivity index (χ0n) is 15.4. The second-order valence-corrected chi connectivity index (χ2v) is 8.84. The van der Waals surface area contributed by atoms with Gasteiger partial charge in [0.1, 0.15) is 5.75 Å². The lowest BCUT2D eigenvalue weighted by molar-refractivity contribution is -0.176. The smallest absolute Gasteiger partial charge is 0.356 e. The summed E-state index contributed by atoms with van der Waals surface area (Å²) in [5, 5.41) is 0. The topological polar surface area (TPSA) is 52.6 Å². The average Bonchev–Trinajstić information content (AvgIpc) is 2.77. The van der Waals surface area contributed by atoms with Gasteiger partial charge in [-0.3, -0.25) is 4.79 Å². The van der Waals surface area contributed by atoms with E-state index in [1.807, 2.05) is 32.9 Å². The van der Waals surface area contributed by atoms with Gasteiger partial charge in [-0.15, -0.1) is 0 Å². The van der Waals surface area contributed by atoms with E-state index in [1.54, 1.807) is 12.1 Å². The van der Waals surface area contributed by atoms with Crippen LogP contribution in [0.25, 0.3) is 0 Å².